The molecule has 0 amide bonds. The van der Waals surface area contributed by atoms with Gasteiger partial charge in [0.1, 0.15) is 17.1 Å². The maximum Gasteiger partial charge on any atom is 0.355 e. The Morgan fingerprint density at radius 3 is 2.05 bits per heavy atom. The fraction of sp³-hybridized carbons (Fsp3) is 0.588. The Morgan fingerprint density at radius 2 is 1.64 bits per heavy atom. The van der Waals surface area contributed by atoms with Gasteiger partial charge < -0.3 is 9.47 Å². The van der Waals surface area contributed by atoms with Crippen molar-refractivity contribution < 1.29 is 18.8 Å². The number of benzene rings is 1. The third-order valence-corrected chi connectivity index (χ3v) is 6.83. The summed E-state index contributed by atoms with van der Waals surface area (Å²) in [7, 11) is 1.44. The van der Waals surface area contributed by atoms with Crippen LogP contribution in [0.4, 0.5) is 0 Å². The number of ketones is 1. The standard InChI is InChI=1S/C17H24O4P/c1-12(2)22(19)17(10-5-6-11-17)16(18)15-13(20-3)8-7-9-14(15)21-4/h7-9,12H,5-6,10-11H2,1-4H3/q+1. The average molecular weight is 323 g/mol. The number of rotatable bonds is 6. The lowest BCUT2D eigenvalue weighted by Gasteiger charge is -2.21. The van der Waals surface area contributed by atoms with E-state index >= 15 is 0 Å². The number of Topliss-reactive ketones (excluding diaryl/α,β-unsaturated/α-hetero) is 1. The summed E-state index contributed by atoms with van der Waals surface area (Å²) in [5.74, 6) is 0.889. The van der Waals surface area contributed by atoms with E-state index in [1.165, 1.54) is 14.2 Å². The quantitative estimate of drug-likeness (QED) is 0.574. The van der Waals surface area contributed by atoms with Gasteiger partial charge in [-0.3, -0.25) is 4.79 Å². The van der Waals surface area contributed by atoms with Crippen LogP contribution < -0.4 is 9.47 Å². The molecule has 1 aromatic rings. The summed E-state index contributed by atoms with van der Waals surface area (Å²) in [6.45, 7) is 3.84. The third kappa shape index (κ3) is 2.77. The van der Waals surface area contributed by atoms with E-state index < -0.39 is 13.0 Å². The van der Waals surface area contributed by atoms with Gasteiger partial charge in [0.2, 0.25) is 10.9 Å². The van der Waals surface area contributed by atoms with Crippen molar-refractivity contribution in [2.75, 3.05) is 14.2 Å². The summed E-state index contributed by atoms with van der Waals surface area (Å²) < 4.78 is 23.6. The molecule has 1 atom stereocenters. The van der Waals surface area contributed by atoms with Crippen molar-refractivity contribution in [3.05, 3.63) is 23.8 Å². The number of methoxy groups -OCH3 is 2. The van der Waals surface area contributed by atoms with Crippen molar-refractivity contribution in [2.45, 2.75) is 50.3 Å². The predicted molar refractivity (Wildman–Crippen MR) is 87.8 cm³/mol. The molecule has 0 bridgehead atoms. The molecule has 0 aliphatic heterocycles. The molecule has 120 valence electrons. The summed E-state index contributed by atoms with van der Waals surface area (Å²) in [4.78, 5) is 13.3. The Bertz CT molecular complexity index is 552. The number of carbonyl (C=O) groups is 1. The fourth-order valence-electron chi connectivity index (χ4n) is 3.31. The second-order valence-corrected chi connectivity index (χ2v) is 8.57. The Kier molecular flexibility index (Phi) is 5.23. The highest BCUT2D eigenvalue weighted by Gasteiger charge is 2.59. The number of carbonyl (C=O) groups excluding carboxylic acids is 1. The van der Waals surface area contributed by atoms with Crippen molar-refractivity contribution in [3.8, 4) is 11.5 Å². The van der Waals surface area contributed by atoms with Gasteiger partial charge in [-0.2, -0.15) is 0 Å². The normalized spacial score (nSPS) is 17.4. The van der Waals surface area contributed by atoms with Crippen LogP contribution in [0.1, 0.15) is 49.9 Å². The molecule has 0 heterocycles. The van der Waals surface area contributed by atoms with Crippen LogP contribution in [0, 0.1) is 0 Å². The van der Waals surface area contributed by atoms with Crippen LogP contribution in [-0.2, 0) is 4.57 Å². The molecule has 2 rings (SSSR count). The lowest BCUT2D eigenvalue weighted by atomic mass is 9.93. The van der Waals surface area contributed by atoms with Crippen LogP contribution in [-0.4, -0.2) is 30.8 Å². The third-order valence-electron chi connectivity index (χ3n) is 4.40. The van der Waals surface area contributed by atoms with E-state index in [-0.39, 0.29) is 11.4 Å². The van der Waals surface area contributed by atoms with Crippen molar-refractivity contribution in [1.29, 1.82) is 0 Å². The molecule has 1 fully saturated rings. The molecule has 5 heteroatoms. The number of hydrogen-bond acceptors (Lipinski definition) is 4. The van der Waals surface area contributed by atoms with Crippen LogP contribution in [0.2, 0.25) is 0 Å². The van der Waals surface area contributed by atoms with E-state index in [9.17, 15) is 9.36 Å². The smallest absolute Gasteiger partial charge is 0.355 e. The van der Waals surface area contributed by atoms with E-state index in [0.29, 0.717) is 29.9 Å². The fourth-order valence-corrected chi connectivity index (χ4v) is 5.37. The zero-order valence-electron chi connectivity index (χ0n) is 13.7. The molecule has 1 aliphatic carbocycles. The van der Waals surface area contributed by atoms with E-state index in [1.807, 2.05) is 13.8 Å². The second kappa shape index (κ2) is 6.78. The van der Waals surface area contributed by atoms with Gasteiger partial charge in [-0.1, -0.05) is 10.6 Å². The maximum atomic E-state index is 13.3. The molecule has 0 radical (unpaired) electrons. The SMILES string of the molecule is COc1cccc(OC)c1C(=O)C1([P+](=O)C(C)C)CCCC1. The Balaban J connectivity index is 2.56. The Hall–Kier alpha value is -1.41. The number of hydrogen-bond donors (Lipinski definition) is 0. The minimum absolute atomic E-state index is 0.0160. The zero-order chi connectivity index (χ0) is 16.3. The van der Waals surface area contributed by atoms with Gasteiger partial charge in [0.15, 0.2) is 5.66 Å². The van der Waals surface area contributed by atoms with E-state index in [4.69, 9.17) is 9.47 Å². The molecule has 1 saturated carbocycles. The molecule has 22 heavy (non-hydrogen) atoms. The molecule has 0 N–H and O–H groups in total. The van der Waals surface area contributed by atoms with Crippen molar-refractivity contribution >= 4 is 13.6 Å². The summed E-state index contributed by atoms with van der Waals surface area (Å²) >= 11 is 0. The van der Waals surface area contributed by atoms with Crippen molar-refractivity contribution in [1.82, 2.24) is 0 Å². The largest absolute Gasteiger partial charge is 0.496 e. The molecular formula is C17H24O4P+. The van der Waals surface area contributed by atoms with Crippen LogP contribution in [0.3, 0.4) is 0 Å². The first-order valence-corrected chi connectivity index (χ1v) is 9.03. The highest BCUT2D eigenvalue weighted by atomic mass is 31.1. The molecule has 1 unspecified atom stereocenters. The maximum absolute atomic E-state index is 13.3. The highest BCUT2D eigenvalue weighted by molar-refractivity contribution is 7.48. The first-order chi connectivity index (χ1) is 10.5. The molecule has 0 aromatic heterocycles. The summed E-state index contributed by atoms with van der Waals surface area (Å²) in [5.41, 5.74) is 0.413. The molecular weight excluding hydrogens is 299 g/mol. The van der Waals surface area contributed by atoms with Crippen LogP contribution in [0.25, 0.3) is 0 Å². The molecule has 1 aliphatic rings. The second-order valence-electron chi connectivity index (χ2n) is 6.02. The van der Waals surface area contributed by atoms with Crippen LogP contribution in [0.5, 0.6) is 11.5 Å². The van der Waals surface area contributed by atoms with Crippen molar-refractivity contribution in [2.24, 2.45) is 0 Å². The van der Waals surface area contributed by atoms with Gasteiger partial charge in [0.25, 0.3) is 0 Å². The van der Waals surface area contributed by atoms with Crippen LogP contribution >= 0.6 is 7.80 Å². The molecule has 0 spiro atoms. The summed E-state index contributed by atoms with van der Waals surface area (Å²) in [6, 6.07) is 5.29. The summed E-state index contributed by atoms with van der Waals surface area (Å²) in [6.07, 6.45) is 3.24. The van der Waals surface area contributed by atoms with E-state index in [2.05, 4.69) is 0 Å². The molecule has 0 saturated heterocycles. The van der Waals surface area contributed by atoms with Gasteiger partial charge in [0.05, 0.1) is 14.2 Å². The highest BCUT2D eigenvalue weighted by Crippen LogP contribution is 2.55. The Morgan fingerprint density at radius 1 is 1.14 bits per heavy atom. The van der Waals surface area contributed by atoms with E-state index in [1.54, 1.807) is 18.2 Å². The van der Waals surface area contributed by atoms with Crippen LogP contribution in [0.15, 0.2) is 18.2 Å². The van der Waals surface area contributed by atoms with Gasteiger partial charge in [-0.05, 0) is 38.8 Å². The van der Waals surface area contributed by atoms with Crippen molar-refractivity contribution in [3.63, 3.8) is 0 Å². The lowest BCUT2D eigenvalue weighted by Crippen LogP contribution is -2.34. The average Bonchev–Trinajstić information content (AvgIpc) is 3.03. The minimum atomic E-state index is -1.63. The molecule has 1 aromatic carbocycles. The van der Waals surface area contributed by atoms with Gasteiger partial charge in [-0.15, -0.1) is 0 Å². The zero-order valence-corrected chi connectivity index (χ0v) is 14.6. The summed E-state index contributed by atoms with van der Waals surface area (Å²) in [5, 5.41) is -0.772. The first kappa shape index (κ1) is 17.0. The van der Waals surface area contributed by atoms with Gasteiger partial charge >= 0.3 is 7.80 Å². The van der Waals surface area contributed by atoms with Gasteiger partial charge in [0, 0.05) is 12.8 Å². The Labute approximate surface area is 133 Å². The topological polar surface area (TPSA) is 52.6 Å². The monoisotopic (exact) mass is 323 g/mol. The lowest BCUT2D eigenvalue weighted by molar-refractivity contribution is 0.0933. The molecule has 4 nitrogen and oxygen atoms in total. The minimum Gasteiger partial charge on any atom is -0.496 e. The first-order valence-electron chi connectivity index (χ1n) is 7.70. The van der Waals surface area contributed by atoms with E-state index in [0.717, 1.165) is 12.8 Å². The number of ether oxygens (including phenoxy) is 2. The van der Waals surface area contributed by atoms with Gasteiger partial charge in [-0.25, -0.2) is 0 Å². The predicted octanol–water partition coefficient (Wildman–Crippen LogP) is 4.44.